The molecule has 8 heteroatoms. The third-order valence-electron chi connectivity index (χ3n) is 3.54. The van der Waals surface area contributed by atoms with Crippen LogP contribution in [-0.4, -0.2) is 27.0 Å². The second kappa shape index (κ2) is 7.78. The van der Waals surface area contributed by atoms with E-state index in [2.05, 4.69) is 15.9 Å². The highest BCUT2D eigenvalue weighted by Gasteiger charge is 2.32. The summed E-state index contributed by atoms with van der Waals surface area (Å²) in [4.78, 5) is 32.4. The lowest BCUT2D eigenvalue weighted by Crippen LogP contribution is -2.28. The highest BCUT2D eigenvalue weighted by atomic mass is 79.9. The van der Waals surface area contributed by atoms with Crippen molar-refractivity contribution in [1.29, 1.82) is 0 Å². The number of carbonyl (C=O) groups is 1. The minimum atomic E-state index is -0.813. The van der Waals surface area contributed by atoms with Crippen LogP contribution in [0.1, 0.15) is 21.8 Å². The Kier molecular flexibility index (Phi) is 5.75. The van der Waals surface area contributed by atoms with Crippen LogP contribution in [0.3, 0.4) is 0 Å². The third-order valence-corrected chi connectivity index (χ3v) is 4.59. The molecule has 7 nitrogen and oxygen atoms in total. The summed E-state index contributed by atoms with van der Waals surface area (Å²) in [6, 6.07) is 13.9. The van der Waals surface area contributed by atoms with Crippen molar-refractivity contribution < 1.29 is 14.6 Å². The van der Waals surface area contributed by atoms with Crippen LogP contribution in [0.15, 0.2) is 54.6 Å². The maximum absolute atomic E-state index is 12.5. The minimum Gasteiger partial charge on any atom is -0.293 e. The summed E-state index contributed by atoms with van der Waals surface area (Å²) >= 11 is 3.27. The molecule has 0 saturated heterocycles. The fourth-order valence-corrected chi connectivity index (χ4v) is 3.05. The zero-order chi connectivity index (χ0) is 17.7. The van der Waals surface area contributed by atoms with Crippen molar-refractivity contribution in [2.45, 2.75) is 10.7 Å². The summed E-state index contributed by atoms with van der Waals surface area (Å²) in [5, 5.41) is 21.7. The summed E-state index contributed by atoms with van der Waals surface area (Å²) in [5.74, 6) is -1.02. The molecule has 0 N–H and O–H groups in total. The molecule has 0 heterocycles. The van der Waals surface area contributed by atoms with Crippen LogP contribution in [0.2, 0.25) is 0 Å². The molecule has 0 aromatic heterocycles. The van der Waals surface area contributed by atoms with Crippen LogP contribution in [-0.2, 0) is 0 Å². The molecular formula is C16H13BrN2O5. The Balaban J connectivity index is 2.32. The van der Waals surface area contributed by atoms with Crippen molar-refractivity contribution in [3.8, 4) is 0 Å². The first-order chi connectivity index (χ1) is 11.4. The Hall–Kier alpha value is -2.61. The van der Waals surface area contributed by atoms with Crippen molar-refractivity contribution in [3.05, 3.63) is 86.0 Å². The predicted octanol–water partition coefficient (Wildman–Crippen LogP) is 3.60. The van der Waals surface area contributed by atoms with Crippen molar-refractivity contribution in [2.24, 2.45) is 0 Å². The van der Waals surface area contributed by atoms with E-state index in [0.717, 1.165) is 0 Å². The Morgan fingerprint density at radius 2 is 1.58 bits per heavy atom. The number of ketones is 1. The monoisotopic (exact) mass is 392 g/mol. The van der Waals surface area contributed by atoms with Crippen LogP contribution in [0, 0.1) is 20.2 Å². The number of carbonyl (C=O) groups excluding carboxylic acids is 1. The van der Waals surface area contributed by atoms with E-state index in [4.69, 9.17) is 0 Å². The largest absolute Gasteiger partial charge is 0.293 e. The van der Waals surface area contributed by atoms with Crippen molar-refractivity contribution in [2.75, 3.05) is 6.54 Å². The first-order valence-corrected chi connectivity index (χ1v) is 7.91. The molecule has 2 aromatic carbocycles. The molecule has 0 fully saturated rings. The van der Waals surface area contributed by atoms with Gasteiger partial charge in [0.2, 0.25) is 6.54 Å². The first kappa shape index (κ1) is 17.7. The number of nitro groups is 2. The highest BCUT2D eigenvalue weighted by Crippen LogP contribution is 2.29. The number of benzene rings is 2. The van der Waals surface area contributed by atoms with Crippen LogP contribution < -0.4 is 0 Å². The lowest BCUT2D eigenvalue weighted by molar-refractivity contribution is -0.483. The number of halogens is 1. The fraction of sp³-hybridized carbons (Fsp3) is 0.188. The number of rotatable bonds is 7. The quantitative estimate of drug-likeness (QED) is 0.309. The molecule has 0 bridgehead atoms. The maximum Gasteiger partial charge on any atom is 0.269 e. The second-order valence-electron chi connectivity index (χ2n) is 5.10. The van der Waals surface area contributed by atoms with E-state index < -0.39 is 27.1 Å². The van der Waals surface area contributed by atoms with Crippen LogP contribution in [0.5, 0.6) is 0 Å². The molecule has 0 saturated carbocycles. The van der Waals surface area contributed by atoms with Gasteiger partial charge in [0.25, 0.3) is 5.69 Å². The number of hydrogen-bond donors (Lipinski definition) is 0. The van der Waals surface area contributed by atoms with Gasteiger partial charge in [0.1, 0.15) is 0 Å². The minimum absolute atomic E-state index is 0.112. The van der Waals surface area contributed by atoms with Gasteiger partial charge in [-0.15, -0.1) is 0 Å². The number of nitrogens with zero attached hydrogens (tertiary/aromatic N) is 2. The Morgan fingerprint density at radius 1 is 1.00 bits per heavy atom. The molecule has 24 heavy (non-hydrogen) atoms. The highest BCUT2D eigenvalue weighted by molar-refractivity contribution is 9.10. The number of Topliss-reactive ketones (excluding diaryl/α,β-unsaturated/α-hetero) is 1. The standard InChI is InChI=1S/C16H13BrN2O5/c17-15(16(20)12-4-2-1-3-5-12)14(10-18(21)22)11-6-8-13(9-7-11)19(23)24/h1-9,14-15H,10H2/t14-,15+/m1/s1. The summed E-state index contributed by atoms with van der Waals surface area (Å²) in [5.41, 5.74) is 0.817. The van der Waals surface area contributed by atoms with Gasteiger partial charge in [0, 0.05) is 22.6 Å². The van der Waals surface area contributed by atoms with Gasteiger partial charge in [-0.3, -0.25) is 25.0 Å². The zero-order valence-corrected chi connectivity index (χ0v) is 14.0. The number of alkyl halides is 1. The normalized spacial score (nSPS) is 13.0. The van der Waals surface area contributed by atoms with Gasteiger partial charge < -0.3 is 0 Å². The SMILES string of the molecule is O=C(c1ccccc1)[C@@H](Br)[C@H](C[N+](=O)[O-])c1ccc([N+](=O)[O-])cc1. The van der Waals surface area contributed by atoms with Gasteiger partial charge >= 0.3 is 0 Å². The molecule has 0 amide bonds. The average molecular weight is 393 g/mol. The lowest BCUT2D eigenvalue weighted by Gasteiger charge is -2.18. The molecular weight excluding hydrogens is 380 g/mol. The van der Waals surface area contributed by atoms with Crippen molar-refractivity contribution in [3.63, 3.8) is 0 Å². The molecule has 2 aromatic rings. The maximum atomic E-state index is 12.5. The molecule has 2 rings (SSSR count). The molecule has 0 aliphatic rings. The van der Waals surface area contributed by atoms with Gasteiger partial charge in [0.05, 0.1) is 15.7 Å². The zero-order valence-electron chi connectivity index (χ0n) is 12.4. The van der Waals surface area contributed by atoms with E-state index in [9.17, 15) is 25.0 Å². The average Bonchev–Trinajstić information content (AvgIpc) is 2.59. The lowest BCUT2D eigenvalue weighted by atomic mass is 9.91. The van der Waals surface area contributed by atoms with Crippen LogP contribution in [0.4, 0.5) is 5.69 Å². The van der Waals surface area contributed by atoms with Crippen LogP contribution >= 0.6 is 15.9 Å². The number of nitro benzene ring substituents is 1. The summed E-state index contributed by atoms with van der Waals surface area (Å²) in [6.45, 7) is -0.466. The van der Waals surface area contributed by atoms with Crippen molar-refractivity contribution in [1.82, 2.24) is 0 Å². The van der Waals surface area contributed by atoms with E-state index in [1.54, 1.807) is 30.3 Å². The van der Waals surface area contributed by atoms with Gasteiger partial charge in [-0.1, -0.05) is 58.4 Å². The number of non-ortho nitro benzene ring substituents is 1. The topological polar surface area (TPSA) is 103 Å². The summed E-state index contributed by atoms with van der Waals surface area (Å²) in [6.07, 6.45) is 0. The molecule has 0 spiro atoms. The smallest absolute Gasteiger partial charge is 0.269 e. The fourth-order valence-electron chi connectivity index (χ4n) is 2.32. The first-order valence-electron chi connectivity index (χ1n) is 6.99. The van der Waals surface area contributed by atoms with E-state index in [-0.39, 0.29) is 11.5 Å². The summed E-state index contributed by atoms with van der Waals surface area (Å²) in [7, 11) is 0. The third kappa shape index (κ3) is 4.23. The Labute approximate surface area is 145 Å². The molecule has 0 aliphatic carbocycles. The van der Waals surface area contributed by atoms with E-state index >= 15 is 0 Å². The van der Waals surface area contributed by atoms with E-state index in [1.807, 2.05) is 0 Å². The Morgan fingerprint density at radius 3 is 2.08 bits per heavy atom. The second-order valence-corrected chi connectivity index (χ2v) is 6.09. The van der Waals surface area contributed by atoms with E-state index in [1.165, 1.54) is 24.3 Å². The van der Waals surface area contributed by atoms with Crippen molar-refractivity contribution >= 4 is 27.4 Å². The van der Waals surface area contributed by atoms with Gasteiger partial charge in [-0.25, -0.2) is 0 Å². The summed E-state index contributed by atoms with van der Waals surface area (Å²) < 4.78 is 0. The molecule has 2 atom stereocenters. The molecule has 0 aliphatic heterocycles. The molecule has 0 unspecified atom stereocenters. The molecule has 124 valence electrons. The predicted molar refractivity (Wildman–Crippen MR) is 91.2 cm³/mol. The Bertz CT molecular complexity index is 749. The van der Waals surface area contributed by atoms with Gasteiger partial charge in [0.15, 0.2) is 5.78 Å². The van der Waals surface area contributed by atoms with E-state index in [0.29, 0.717) is 11.1 Å². The molecule has 0 radical (unpaired) electrons. The van der Waals surface area contributed by atoms with Gasteiger partial charge in [-0.2, -0.15) is 0 Å². The number of hydrogen-bond acceptors (Lipinski definition) is 5. The van der Waals surface area contributed by atoms with Gasteiger partial charge in [-0.05, 0) is 5.56 Å². The van der Waals surface area contributed by atoms with Crippen LogP contribution in [0.25, 0.3) is 0 Å².